The monoisotopic (exact) mass is 185 g/mol. The summed E-state index contributed by atoms with van der Waals surface area (Å²) in [5.74, 6) is 2.24. The first-order valence-electron chi connectivity index (χ1n) is 1.81. The van der Waals surface area contributed by atoms with E-state index in [0.29, 0.717) is 6.54 Å². The Balaban J connectivity index is -0.000000125. The second-order valence-corrected chi connectivity index (χ2v) is 1.41. The molecule has 0 bridgehead atoms. The molecule has 3 heteroatoms. The Morgan fingerprint density at radius 1 is 1.50 bits per heavy atom. The van der Waals surface area contributed by atoms with Crippen LogP contribution in [0.3, 0.4) is 0 Å². The summed E-state index contributed by atoms with van der Waals surface area (Å²) in [4.78, 5) is 1.88. The first-order valence-corrected chi connectivity index (χ1v) is 1.81. The molecule has 0 atom stereocenters. The molecular weight excluding hydrogens is 178 g/mol. The van der Waals surface area contributed by atoms with E-state index in [0.717, 1.165) is 0 Å². The van der Waals surface area contributed by atoms with Gasteiger partial charge in [-0.25, -0.2) is 0 Å². The Morgan fingerprint density at radius 2 is 1.88 bits per heavy atom. The van der Waals surface area contributed by atoms with Gasteiger partial charge in [-0.1, -0.05) is 0 Å². The smallest absolute Gasteiger partial charge is 1.00 e. The molecule has 0 aromatic rings. The summed E-state index contributed by atoms with van der Waals surface area (Å²) in [6.45, 7) is 0.625. The van der Waals surface area contributed by atoms with Gasteiger partial charge in [0.25, 0.3) is 0 Å². The van der Waals surface area contributed by atoms with E-state index in [1.807, 2.05) is 19.0 Å². The van der Waals surface area contributed by atoms with Crippen LogP contribution in [0.4, 0.5) is 0 Å². The molecule has 0 radical (unpaired) electrons. The molecule has 8 heavy (non-hydrogen) atoms. The summed E-state index contributed by atoms with van der Waals surface area (Å²) >= 11 is 0. The fourth-order valence-corrected chi connectivity index (χ4v) is 0.158. The van der Waals surface area contributed by atoms with Gasteiger partial charge >= 0.3 is 23.1 Å². The SMILES string of the molecule is [Br-].[C-]#CCN(C)C.[Mg+2]. The number of nitrogens with zero attached hydrogens (tertiary/aromatic N) is 1. The Kier molecular flexibility index (Phi) is 21.3. The van der Waals surface area contributed by atoms with Crippen LogP contribution in [-0.4, -0.2) is 48.6 Å². The van der Waals surface area contributed by atoms with Gasteiger partial charge in [0, 0.05) is 6.54 Å². The van der Waals surface area contributed by atoms with E-state index < -0.39 is 0 Å². The second-order valence-electron chi connectivity index (χ2n) is 1.41. The third-order valence-corrected chi connectivity index (χ3v) is 0.395. The third-order valence-electron chi connectivity index (χ3n) is 0.395. The van der Waals surface area contributed by atoms with Crippen LogP contribution < -0.4 is 17.0 Å². The van der Waals surface area contributed by atoms with Crippen LogP contribution in [0.2, 0.25) is 0 Å². The molecular formula is C5H8BrMgN. The first-order chi connectivity index (χ1) is 2.77. The van der Waals surface area contributed by atoms with Crippen LogP contribution in [-0.2, 0) is 0 Å². The molecule has 0 N–H and O–H groups in total. The third kappa shape index (κ3) is 15.9. The molecule has 42 valence electrons. The largest absolute Gasteiger partial charge is 2.00 e. The Labute approximate surface area is 77.7 Å². The normalized spacial score (nSPS) is 6.25. The Morgan fingerprint density at radius 3 is 1.88 bits per heavy atom. The second kappa shape index (κ2) is 10.7. The molecule has 0 spiro atoms. The van der Waals surface area contributed by atoms with E-state index in [4.69, 9.17) is 6.42 Å². The maximum atomic E-state index is 6.44. The Bertz CT molecular complexity index is 67.3. The minimum atomic E-state index is 0. The molecule has 0 saturated carbocycles. The van der Waals surface area contributed by atoms with Crippen LogP contribution in [0.5, 0.6) is 0 Å². The molecule has 0 unspecified atom stereocenters. The van der Waals surface area contributed by atoms with Crippen molar-refractivity contribution >= 4 is 23.1 Å². The molecule has 0 aliphatic carbocycles. The van der Waals surface area contributed by atoms with Gasteiger partial charge in [-0.15, -0.1) is 0 Å². The number of rotatable bonds is 1. The average molecular weight is 186 g/mol. The van der Waals surface area contributed by atoms with E-state index in [1.165, 1.54) is 0 Å². The summed E-state index contributed by atoms with van der Waals surface area (Å²) in [6.07, 6.45) is 6.44. The van der Waals surface area contributed by atoms with Crippen molar-refractivity contribution in [2.75, 3.05) is 20.6 Å². The van der Waals surface area contributed by atoms with Crippen molar-refractivity contribution in [3.8, 4) is 5.92 Å². The molecule has 1 nitrogen and oxygen atoms in total. The maximum absolute atomic E-state index is 6.44. The molecule has 0 amide bonds. The minimum absolute atomic E-state index is 0. The average Bonchev–Trinajstić information content (AvgIpc) is 1.35. The van der Waals surface area contributed by atoms with Crippen molar-refractivity contribution in [3.63, 3.8) is 0 Å². The number of hydrogen-bond donors (Lipinski definition) is 0. The fourth-order valence-electron chi connectivity index (χ4n) is 0.158. The molecule has 0 rings (SSSR count). The number of hydrogen-bond acceptors (Lipinski definition) is 1. The fraction of sp³-hybridized carbons (Fsp3) is 0.600. The zero-order valence-corrected chi connectivity index (χ0v) is 8.24. The van der Waals surface area contributed by atoms with E-state index in [2.05, 4.69) is 5.92 Å². The van der Waals surface area contributed by atoms with Crippen molar-refractivity contribution in [1.82, 2.24) is 4.90 Å². The van der Waals surface area contributed by atoms with Gasteiger partial charge in [-0.3, -0.25) is 0 Å². The van der Waals surface area contributed by atoms with Crippen molar-refractivity contribution in [2.45, 2.75) is 0 Å². The molecule has 0 aliphatic rings. The predicted octanol–water partition coefficient (Wildman–Crippen LogP) is -3.24. The van der Waals surface area contributed by atoms with E-state index in [1.54, 1.807) is 0 Å². The summed E-state index contributed by atoms with van der Waals surface area (Å²) in [5, 5.41) is 0. The zero-order chi connectivity index (χ0) is 4.99. The summed E-state index contributed by atoms with van der Waals surface area (Å²) < 4.78 is 0. The summed E-state index contributed by atoms with van der Waals surface area (Å²) in [5.41, 5.74) is 0. The predicted molar refractivity (Wildman–Crippen MR) is 31.4 cm³/mol. The summed E-state index contributed by atoms with van der Waals surface area (Å²) in [7, 11) is 3.81. The molecule has 0 saturated heterocycles. The van der Waals surface area contributed by atoms with Gasteiger partial charge in [0.05, 0.1) is 0 Å². The van der Waals surface area contributed by atoms with Crippen molar-refractivity contribution in [3.05, 3.63) is 6.42 Å². The van der Waals surface area contributed by atoms with Gasteiger partial charge in [-0.05, 0) is 14.1 Å². The molecule has 0 aromatic heterocycles. The van der Waals surface area contributed by atoms with Gasteiger partial charge in [0.1, 0.15) is 0 Å². The van der Waals surface area contributed by atoms with Crippen LogP contribution in [0.1, 0.15) is 0 Å². The van der Waals surface area contributed by atoms with Crippen LogP contribution in [0.25, 0.3) is 0 Å². The Hall–Kier alpha value is 0.766. The molecule has 0 aliphatic heterocycles. The van der Waals surface area contributed by atoms with Crippen LogP contribution >= 0.6 is 0 Å². The number of halogens is 1. The molecule has 0 heterocycles. The standard InChI is InChI=1S/C5H8N.BrH.Mg/c1-4-5-6(2)3;;/h5H2,2-3H3;1H;/q-1;;+2/p-1. The van der Waals surface area contributed by atoms with E-state index in [-0.39, 0.29) is 40.0 Å². The van der Waals surface area contributed by atoms with Crippen LogP contribution in [0, 0.1) is 12.3 Å². The summed E-state index contributed by atoms with van der Waals surface area (Å²) in [6, 6.07) is 0. The van der Waals surface area contributed by atoms with E-state index >= 15 is 0 Å². The van der Waals surface area contributed by atoms with Crippen molar-refractivity contribution in [1.29, 1.82) is 0 Å². The van der Waals surface area contributed by atoms with Gasteiger partial charge < -0.3 is 34.2 Å². The minimum Gasteiger partial charge on any atom is -1.00 e. The topological polar surface area (TPSA) is 3.24 Å². The zero-order valence-electron chi connectivity index (χ0n) is 5.24. The van der Waals surface area contributed by atoms with E-state index in [9.17, 15) is 0 Å². The van der Waals surface area contributed by atoms with Gasteiger partial charge in [0.15, 0.2) is 0 Å². The van der Waals surface area contributed by atoms with Crippen molar-refractivity contribution in [2.24, 2.45) is 0 Å². The molecule has 0 aromatic carbocycles. The van der Waals surface area contributed by atoms with Crippen LogP contribution in [0.15, 0.2) is 0 Å². The van der Waals surface area contributed by atoms with Gasteiger partial charge in [0.2, 0.25) is 0 Å². The quantitative estimate of drug-likeness (QED) is 0.236. The van der Waals surface area contributed by atoms with Crippen molar-refractivity contribution < 1.29 is 17.0 Å². The first kappa shape index (κ1) is 15.9. The molecule has 0 fully saturated rings. The maximum Gasteiger partial charge on any atom is 2.00 e. The van der Waals surface area contributed by atoms with Gasteiger partial charge in [-0.2, -0.15) is 0 Å².